The molecule has 0 fully saturated rings. The molecule has 2 amide bonds. The van der Waals surface area contributed by atoms with E-state index in [1.165, 1.54) is 0 Å². The third-order valence-electron chi connectivity index (χ3n) is 4.58. The zero-order chi connectivity index (χ0) is 19.8. The molecule has 6 nitrogen and oxygen atoms in total. The molecule has 0 radical (unpaired) electrons. The third-order valence-corrected chi connectivity index (χ3v) is 4.58. The minimum Gasteiger partial charge on any atom is -0.466 e. The quantitative estimate of drug-likeness (QED) is 0.737. The van der Waals surface area contributed by atoms with Gasteiger partial charge >= 0.3 is 6.09 Å². The van der Waals surface area contributed by atoms with Crippen LogP contribution in [0.2, 0.25) is 0 Å². The molecule has 0 saturated heterocycles. The monoisotopic (exact) mass is 372 g/mol. The van der Waals surface area contributed by atoms with E-state index in [2.05, 4.69) is 10.6 Å². The lowest BCUT2D eigenvalue weighted by molar-refractivity contribution is -0.124. The summed E-state index contributed by atoms with van der Waals surface area (Å²) in [5.41, 5.74) is 1.82. The standard InChI is InChI=1S/C21H28N2O4/c1-5-14(2)19(20(24)22-12-18-11-15(3)27-16(18)4)23-21(25)26-13-17-9-7-6-8-10-17/h6-11,14,19H,5,12-13H2,1-4H3,(H,22,24)(H,23,25)/t14-,19-/m0/s1. The normalized spacial score (nSPS) is 12.9. The van der Waals surface area contributed by atoms with E-state index >= 15 is 0 Å². The van der Waals surface area contributed by atoms with Crippen molar-refractivity contribution in [2.75, 3.05) is 0 Å². The average molecular weight is 372 g/mol. The van der Waals surface area contributed by atoms with Gasteiger partial charge in [0.25, 0.3) is 0 Å². The number of ether oxygens (including phenoxy) is 1. The second kappa shape index (κ2) is 9.80. The highest BCUT2D eigenvalue weighted by molar-refractivity contribution is 5.85. The van der Waals surface area contributed by atoms with Gasteiger partial charge in [-0.3, -0.25) is 4.79 Å². The summed E-state index contributed by atoms with van der Waals surface area (Å²) in [5, 5.41) is 5.58. The van der Waals surface area contributed by atoms with Crippen molar-refractivity contribution in [3.63, 3.8) is 0 Å². The molecule has 0 aliphatic heterocycles. The topological polar surface area (TPSA) is 80.6 Å². The summed E-state index contributed by atoms with van der Waals surface area (Å²) in [6, 6.07) is 10.7. The van der Waals surface area contributed by atoms with Gasteiger partial charge in [-0.15, -0.1) is 0 Å². The molecule has 1 heterocycles. The van der Waals surface area contributed by atoms with Gasteiger partial charge in [0.05, 0.1) is 0 Å². The first-order chi connectivity index (χ1) is 12.9. The van der Waals surface area contributed by atoms with E-state index in [0.29, 0.717) is 6.54 Å². The summed E-state index contributed by atoms with van der Waals surface area (Å²) in [6.07, 6.45) is 0.149. The Morgan fingerprint density at radius 2 is 1.89 bits per heavy atom. The molecule has 0 aliphatic rings. The van der Waals surface area contributed by atoms with Gasteiger partial charge in [0, 0.05) is 12.1 Å². The number of aryl methyl sites for hydroxylation is 2. The summed E-state index contributed by atoms with van der Waals surface area (Å²) in [4.78, 5) is 24.8. The molecule has 1 aromatic carbocycles. The molecule has 2 aromatic rings. The smallest absolute Gasteiger partial charge is 0.408 e. The number of nitrogens with one attached hydrogen (secondary N) is 2. The van der Waals surface area contributed by atoms with E-state index in [0.717, 1.165) is 29.1 Å². The highest BCUT2D eigenvalue weighted by Gasteiger charge is 2.26. The number of furan rings is 1. The van der Waals surface area contributed by atoms with Gasteiger partial charge < -0.3 is 19.8 Å². The summed E-state index contributed by atoms with van der Waals surface area (Å²) in [6.45, 7) is 8.15. The first-order valence-electron chi connectivity index (χ1n) is 9.21. The second-order valence-electron chi connectivity index (χ2n) is 6.73. The molecule has 1 aromatic heterocycles. The molecule has 0 bridgehead atoms. The zero-order valence-corrected chi connectivity index (χ0v) is 16.4. The number of benzene rings is 1. The number of carbonyl (C=O) groups is 2. The van der Waals surface area contributed by atoms with Crippen LogP contribution in [-0.2, 0) is 22.7 Å². The molecule has 2 N–H and O–H groups in total. The van der Waals surface area contributed by atoms with Crippen molar-refractivity contribution in [1.29, 1.82) is 0 Å². The van der Waals surface area contributed by atoms with Gasteiger partial charge in [0.15, 0.2) is 0 Å². The van der Waals surface area contributed by atoms with Gasteiger partial charge in [0.2, 0.25) is 5.91 Å². The number of hydrogen-bond acceptors (Lipinski definition) is 4. The molecule has 0 saturated carbocycles. The Labute approximate surface area is 160 Å². The summed E-state index contributed by atoms with van der Waals surface area (Å²) in [5.74, 6) is 1.32. The first-order valence-corrected chi connectivity index (χ1v) is 9.21. The Morgan fingerprint density at radius 1 is 1.19 bits per heavy atom. The largest absolute Gasteiger partial charge is 0.466 e. The van der Waals surface area contributed by atoms with Gasteiger partial charge in [-0.25, -0.2) is 4.79 Å². The minimum absolute atomic E-state index is 0.0264. The SMILES string of the molecule is CC[C@H](C)[C@H](NC(=O)OCc1ccccc1)C(=O)NCc1cc(C)oc1C. The zero-order valence-electron chi connectivity index (χ0n) is 16.4. The molecule has 0 unspecified atom stereocenters. The fraction of sp³-hybridized carbons (Fsp3) is 0.429. The summed E-state index contributed by atoms with van der Waals surface area (Å²) >= 11 is 0. The Balaban J connectivity index is 1.91. The lowest BCUT2D eigenvalue weighted by atomic mass is 9.98. The van der Waals surface area contributed by atoms with Crippen molar-refractivity contribution in [3.05, 3.63) is 59.0 Å². The van der Waals surface area contributed by atoms with E-state index in [1.54, 1.807) is 0 Å². The number of amides is 2. The van der Waals surface area contributed by atoms with Gasteiger partial charge in [-0.2, -0.15) is 0 Å². The van der Waals surface area contributed by atoms with Crippen molar-refractivity contribution in [2.24, 2.45) is 5.92 Å². The Morgan fingerprint density at radius 3 is 2.48 bits per heavy atom. The van der Waals surface area contributed by atoms with Crippen LogP contribution in [0.5, 0.6) is 0 Å². The number of rotatable bonds is 8. The van der Waals surface area contributed by atoms with Crippen molar-refractivity contribution >= 4 is 12.0 Å². The summed E-state index contributed by atoms with van der Waals surface area (Å²) < 4.78 is 10.7. The molecule has 27 heavy (non-hydrogen) atoms. The second-order valence-corrected chi connectivity index (χ2v) is 6.73. The number of carbonyl (C=O) groups excluding carboxylic acids is 2. The molecular formula is C21H28N2O4. The highest BCUT2D eigenvalue weighted by Crippen LogP contribution is 2.14. The number of hydrogen-bond donors (Lipinski definition) is 2. The van der Waals surface area contributed by atoms with Crippen LogP contribution in [0.3, 0.4) is 0 Å². The molecule has 146 valence electrons. The fourth-order valence-electron chi connectivity index (χ4n) is 2.74. The van der Waals surface area contributed by atoms with E-state index in [1.807, 2.05) is 64.1 Å². The Kier molecular flexibility index (Phi) is 7.46. The van der Waals surface area contributed by atoms with Gasteiger partial charge in [-0.1, -0.05) is 50.6 Å². The Hall–Kier alpha value is -2.76. The van der Waals surface area contributed by atoms with Crippen LogP contribution in [0.25, 0.3) is 0 Å². The predicted molar refractivity (Wildman–Crippen MR) is 103 cm³/mol. The van der Waals surface area contributed by atoms with Crippen LogP contribution in [0.15, 0.2) is 40.8 Å². The van der Waals surface area contributed by atoms with Gasteiger partial charge in [0.1, 0.15) is 24.2 Å². The van der Waals surface area contributed by atoms with Crippen LogP contribution >= 0.6 is 0 Å². The van der Waals surface area contributed by atoms with Crippen molar-refractivity contribution in [2.45, 2.75) is 53.3 Å². The molecule has 6 heteroatoms. The van der Waals surface area contributed by atoms with Crippen LogP contribution < -0.4 is 10.6 Å². The average Bonchev–Trinajstić information content (AvgIpc) is 2.99. The highest BCUT2D eigenvalue weighted by atomic mass is 16.5. The number of alkyl carbamates (subject to hydrolysis) is 1. The molecular weight excluding hydrogens is 344 g/mol. The van der Waals surface area contributed by atoms with E-state index in [4.69, 9.17) is 9.15 Å². The van der Waals surface area contributed by atoms with E-state index in [-0.39, 0.29) is 18.4 Å². The minimum atomic E-state index is -0.661. The van der Waals surface area contributed by atoms with Crippen molar-refractivity contribution in [3.8, 4) is 0 Å². The lowest BCUT2D eigenvalue weighted by Gasteiger charge is -2.23. The molecule has 2 rings (SSSR count). The third kappa shape index (κ3) is 6.16. The Bertz CT molecular complexity index is 755. The molecule has 0 aliphatic carbocycles. The van der Waals surface area contributed by atoms with Crippen LogP contribution in [0, 0.1) is 19.8 Å². The van der Waals surface area contributed by atoms with E-state index in [9.17, 15) is 9.59 Å². The molecule has 0 spiro atoms. The van der Waals surface area contributed by atoms with Gasteiger partial charge in [-0.05, 0) is 31.4 Å². The van der Waals surface area contributed by atoms with Crippen molar-refractivity contribution in [1.82, 2.24) is 10.6 Å². The summed E-state index contributed by atoms with van der Waals surface area (Å²) in [7, 11) is 0. The van der Waals surface area contributed by atoms with Crippen LogP contribution in [0.4, 0.5) is 4.79 Å². The fourth-order valence-corrected chi connectivity index (χ4v) is 2.74. The first kappa shape index (κ1) is 20.6. The predicted octanol–water partition coefficient (Wildman–Crippen LogP) is 3.85. The maximum atomic E-state index is 12.6. The maximum absolute atomic E-state index is 12.6. The lowest BCUT2D eigenvalue weighted by Crippen LogP contribution is -2.50. The van der Waals surface area contributed by atoms with Crippen LogP contribution in [0.1, 0.15) is 42.9 Å². The maximum Gasteiger partial charge on any atom is 0.408 e. The van der Waals surface area contributed by atoms with Crippen molar-refractivity contribution < 1.29 is 18.7 Å². The molecule has 2 atom stereocenters. The van der Waals surface area contributed by atoms with Crippen LogP contribution in [-0.4, -0.2) is 18.0 Å². The van der Waals surface area contributed by atoms with E-state index < -0.39 is 12.1 Å².